The summed E-state index contributed by atoms with van der Waals surface area (Å²) in [5, 5.41) is 14.8. The number of fused-ring (bicyclic) bond motifs is 4. The minimum absolute atomic E-state index is 0.0123. The Morgan fingerprint density at radius 3 is 2.33 bits per heavy atom. The summed E-state index contributed by atoms with van der Waals surface area (Å²) in [6, 6.07) is 28.3. The number of phenolic OH excluding ortho intramolecular Hbond substituents is 1. The molecule has 12 nitrogen and oxygen atoms in total. The molecule has 13 heteroatoms. The van der Waals surface area contributed by atoms with Crippen molar-refractivity contribution in [1.29, 1.82) is 0 Å². The van der Waals surface area contributed by atoms with Crippen molar-refractivity contribution in [2.24, 2.45) is 0 Å². The molecule has 0 bridgehead atoms. The standard InChI is InChI=1S/C50H60N4O8Si/c1-49(2,3)63(6,7)62-44(35-22-25-40(55)46-36(35)23-26-45(56)52-46)31-51-30-32-17-24-39-43(29-32)61-48(58)54(39)28-12-27-53(5)33-18-20-34(21-19-33)59-47(57)50(4)37-13-8-10-15-41(37)60-42-16-11-9-14-38(42)50/h8-11,13-17,22-26,29,33-34,44,51,55H,12,18-21,27-28,30-31H2,1-7H3,(H,52,56)/t33?,34?,44-/m0/s1. The van der Waals surface area contributed by atoms with Crippen molar-refractivity contribution in [2.45, 2.75) is 115 Å². The number of para-hydroxylation sites is 2. The first-order chi connectivity index (χ1) is 30.0. The first-order valence-electron chi connectivity index (χ1n) is 22.2. The SMILES string of the molecule is CN(CCCn1c(=O)oc2cc(CNC[C@H](O[Si](C)(C)C(C)(C)C)c3ccc(O)c4[nH]c(=O)ccc34)ccc21)C1CCC(OC(=O)C2(C)c3ccccc3Oc3ccccc32)CC1. The number of pyridine rings is 1. The van der Waals surface area contributed by atoms with E-state index in [9.17, 15) is 19.5 Å². The van der Waals surface area contributed by atoms with Gasteiger partial charge in [-0.2, -0.15) is 0 Å². The summed E-state index contributed by atoms with van der Waals surface area (Å²) in [5.74, 6) is 0.757. The average Bonchev–Trinajstić information content (AvgIpc) is 3.57. The molecule has 0 unspecified atom stereocenters. The number of aromatic hydroxyl groups is 1. The molecule has 1 aliphatic carbocycles. The molecule has 1 aliphatic heterocycles. The number of phenols is 1. The van der Waals surface area contributed by atoms with Gasteiger partial charge in [0.25, 0.3) is 0 Å². The van der Waals surface area contributed by atoms with Crippen LogP contribution in [0.5, 0.6) is 17.2 Å². The van der Waals surface area contributed by atoms with Gasteiger partial charge in [0.15, 0.2) is 13.9 Å². The summed E-state index contributed by atoms with van der Waals surface area (Å²) >= 11 is 0. The van der Waals surface area contributed by atoms with E-state index < -0.39 is 13.7 Å². The molecule has 0 radical (unpaired) electrons. The molecule has 8 rings (SSSR count). The Labute approximate surface area is 369 Å². The van der Waals surface area contributed by atoms with E-state index in [0.717, 1.165) is 71.8 Å². The second-order valence-electron chi connectivity index (χ2n) is 19.0. The maximum Gasteiger partial charge on any atom is 0.419 e. The van der Waals surface area contributed by atoms with Gasteiger partial charge in [0.2, 0.25) is 5.56 Å². The Morgan fingerprint density at radius 1 is 0.968 bits per heavy atom. The van der Waals surface area contributed by atoms with Gasteiger partial charge in [-0.3, -0.25) is 14.2 Å². The van der Waals surface area contributed by atoms with Crippen molar-refractivity contribution in [3.05, 3.63) is 134 Å². The van der Waals surface area contributed by atoms with Crippen LogP contribution in [-0.2, 0) is 32.5 Å². The minimum atomic E-state index is -2.24. The lowest BCUT2D eigenvalue weighted by Gasteiger charge is -2.39. The Kier molecular flexibility index (Phi) is 12.3. The lowest BCUT2D eigenvalue weighted by molar-refractivity contribution is -0.156. The van der Waals surface area contributed by atoms with Crippen LogP contribution in [0.25, 0.3) is 22.0 Å². The number of carbonyl (C=O) groups excluding carboxylic acids is 1. The highest BCUT2D eigenvalue weighted by Gasteiger charge is 2.47. The quantitative estimate of drug-likeness (QED) is 0.0715. The average molecular weight is 873 g/mol. The molecular formula is C50H60N4O8Si. The van der Waals surface area contributed by atoms with Crippen molar-refractivity contribution in [3.8, 4) is 17.2 Å². The number of ether oxygens (including phenoxy) is 2. The van der Waals surface area contributed by atoms with Crippen molar-refractivity contribution in [3.63, 3.8) is 0 Å². The number of benzene rings is 4. The lowest BCUT2D eigenvalue weighted by atomic mass is 9.74. The van der Waals surface area contributed by atoms with E-state index in [1.54, 1.807) is 16.7 Å². The molecule has 3 heterocycles. The number of esters is 1. The highest BCUT2D eigenvalue weighted by Crippen LogP contribution is 2.49. The van der Waals surface area contributed by atoms with Gasteiger partial charge in [0.05, 0.1) is 17.1 Å². The number of nitrogens with one attached hydrogen (secondary N) is 2. The van der Waals surface area contributed by atoms with Crippen LogP contribution in [0.4, 0.5) is 0 Å². The first kappa shape index (κ1) is 44.1. The van der Waals surface area contributed by atoms with E-state index in [1.165, 1.54) is 6.07 Å². The predicted octanol–water partition coefficient (Wildman–Crippen LogP) is 9.28. The zero-order valence-corrected chi connectivity index (χ0v) is 38.5. The molecule has 6 aromatic rings. The second-order valence-corrected chi connectivity index (χ2v) is 23.8. The van der Waals surface area contributed by atoms with Crippen LogP contribution in [0, 0.1) is 0 Å². The van der Waals surface area contributed by atoms with E-state index in [1.807, 2.05) is 79.7 Å². The van der Waals surface area contributed by atoms with Crippen molar-refractivity contribution >= 4 is 36.3 Å². The number of hydrogen-bond acceptors (Lipinski definition) is 10. The summed E-state index contributed by atoms with van der Waals surface area (Å²) in [6.45, 7) is 15.3. The molecule has 0 saturated heterocycles. The Balaban J connectivity index is 0.853. The van der Waals surface area contributed by atoms with Crippen LogP contribution in [0.2, 0.25) is 18.1 Å². The summed E-state index contributed by atoms with van der Waals surface area (Å²) in [7, 11) is -0.109. The molecule has 0 amide bonds. The van der Waals surface area contributed by atoms with Gasteiger partial charge in [-0.15, -0.1) is 0 Å². The van der Waals surface area contributed by atoms with E-state index in [4.69, 9.17) is 18.3 Å². The van der Waals surface area contributed by atoms with Crippen molar-refractivity contribution in [2.75, 3.05) is 20.1 Å². The number of rotatable bonds is 14. The summed E-state index contributed by atoms with van der Waals surface area (Å²) in [4.78, 5) is 44.4. The van der Waals surface area contributed by atoms with Gasteiger partial charge < -0.3 is 38.6 Å². The first-order valence-corrected chi connectivity index (χ1v) is 25.1. The van der Waals surface area contributed by atoms with Crippen molar-refractivity contribution < 1.29 is 28.2 Å². The smallest absolute Gasteiger partial charge is 0.419 e. The number of aryl methyl sites for hydroxylation is 1. The topological polar surface area (TPSA) is 148 Å². The third-order valence-corrected chi connectivity index (χ3v) is 18.3. The molecular weight excluding hydrogens is 813 g/mol. The lowest BCUT2D eigenvalue weighted by Crippen LogP contribution is -2.43. The highest BCUT2D eigenvalue weighted by atomic mass is 28.4. The fourth-order valence-electron chi connectivity index (χ4n) is 9.02. The van der Waals surface area contributed by atoms with Gasteiger partial charge >= 0.3 is 11.7 Å². The third kappa shape index (κ3) is 8.89. The van der Waals surface area contributed by atoms with E-state index in [2.05, 4.69) is 56.1 Å². The minimum Gasteiger partial charge on any atom is -0.506 e. The molecule has 2 aliphatic rings. The van der Waals surface area contributed by atoms with Crippen LogP contribution < -0.4 is 21.4 Å². The zero-order chi connectivity index (χ0) is 44.7. The van der Waals surface area contributed by atoms with Crippen LogP contribution in [0.1, 0.15) is 88.2 Å². The highest BCUT2D eigenvalue weighted by molar-refractivity contribution is 6.74. The molecule has 332 valence electrons. The molecule has 1 saturated carbocycles. The third-order valence-electron chi connectivity index (χ3n) is 13.8. The summed E-state index contributed by atoms with van der Waals surface area (Å²) in [6.07, 6.45) is 3.70. The number of aromatic amines is 1. The van der Waals surface area contributed by atoms with Crippen LogP contribution in [-0.4, -0.2) is 66.1 Å². The fraction of sp³-hybridized carbons (Fsp3) is 0.420. The number of oxazole rings is 1. The molecule has 1 fully saturated rings. The van der Waals surface area contributed by atoms with Crippen molar-refractivity contribution in [1.82, 2.24) is 19.8 Å². The van der Waals surface area contributed by atoms with Crippen LogP contribution >= 0.6 is 0 Å². The summed E-state index contributed by atoms with van der Waals surface area (Å²) in [5.41, 5.74) is 3.94. The van der Waals surface area contributed by atoms with Gasteiger partial charge in [0, 0.05) is 48.3 Å². The second kappa shape index (κ2) is 17.6. The van der Waals surface area contributed by atoms with Gasteiger partial charge in [-0.25, -0.2) is 4.79 Å². The number of hydrogen-bond donors (Lipinski definition) is 3. The number of H-pyrrole nitrogens is 1. The van der Waals surface area contributed by atoms with Gasteiger partial charge in [-0.1, -0.05) is 69.3 Å². The maximum absolute atomic E-state index is 14.0. The molecule has 3 N–H and O–H groups in total. The maximum atomic E-state index is 14.0. The zero-order valence-electron chi connectivity index (χ0n) is 37.5. The van der Waals surface area contributed by atoms with Crippen LogP contribution in [0.15, 0.2) is 105 Å². The fourth-order valence-corrected chi connectivity index (χ4v) is 10.3. The molecule has 1 atom stereocenters. The Bertz CT molecular complexity index is 2700. The number of nitrogens with zero attached hydrogens (tertiary/aromatic N) is 2. The largest absolute Gasteiger partial charge is 0.506 e. The predicted molar refractivity (Wildman–Crippen MR) is 248 cm³/mol. The molecule has 2 aromatic heterocycles. The van der Waals surface area contributed by atoms with Gasteiger partial charge in [-0.05, 0) is 118 Å². The van der Waals surface area contributed by atoms with E-state index in [-0.39, 0.29) is 40.3 Å². The number of aromatic nitrogens is 2. The summed E-state index contributed by atoms with van der Waals surface area (Å²) < 4.78 is 26.9. The Hall–Kier alpha value is -5.47. The number of carbonyl (C=O) groups is 1. The van der Waals surface area contributed by atoms with Gasteiger partial charge in [0.1, 0.15) is 28.8 Å². The normalized spacial score (nSPS) is 17.9. The van der Waals surface area contributed by atoms with E-state index >= 15 is 0 Å². The monoisotopic (exact) mass is 872 g/mol. The van der Waals surface area contributed by atoms with E-state index in [0.29, 0.717) is 48.3 Å². The molecule has 63 heavy (non-hydrogen) atoms. The molecule has 0 spiro atoms. The molecule has 4 aromatic carbocycles. The van der Waals surface area contributed by atoms with Crippen LogP contribution in [0.3, 0.4) is 0 Å². The Morgan fingerprint density at radius 2 is 1.65 bits per heavy atom.